The van der Waals surface area contributed by atoms with E-state index in [1.165, 1.54) is 12.1 Å². The van der Waals surface area contributed by atoms with Crippen LogP contribution in [-0.2, 0) is 0 Å². The number of halogens is 1. The summed E-state index contributed by atoms with van der Waals surface area (Å²) in [7, 11) is 0. The van der Waals surface area contributed by atoms with E-state index < -0.39 is 0 Å². The molecule has 1 unspecified atom stereocenters. The minimum Gasteiger partial charge on any atom is -0.298 e. The average Bonchev–Trinajstić information content (AvgIpc) is 2.39. The van der Waals surface area contributed by atoms with Gasteiger partial charge in [0.15, 0.2) is 5.78 Å². The van der Waals surface area contributed by atoms with Gasteiger partial charge in [-0.1, -0.05) is 19.1 Å². The lowest BCUT2D eigenvalue weighted by Crippen LogP contribution is -2.52. The molecule has 1 fully saturated rings. The molecule has 0 amide bonds. The topological polar surface area (TPSA) is 23.6 Å². The van der Waals surface area contributed by atoms with Gasteiger partial charge in [0.25, 0.3) is 0 Å². The zero-order chi connectivity index (χ0) is 13.8. The van der Waals surface area contributed by atoms with E-state index in [0.717, 1.165) is 26.2 Å². The molecule has 0 N–H and O–H groups in total. The van der Waals surface area contributed by atoms with Gasteiger partial charge in [0, 0.05) is 31.2 Å². The smallest absolute Gasteiger partial charge is 0.176 e. The van der Waals surface area contributed by atoms with Crippen LogP contribution in [0.25, 0.3) is 0 Å². The Kier molecular flexibility index (Phi) is 4.66. The summed E-state index contributed by atoms with van der Waals surface area (Å²) < 4.78 is 13.1. The number of likely N-dealkylation sites (N-methyl/N-ethyl adjacent to an activating group) is 1. The van der Waals surface area contributed by atoms with Crippen molar-refractivity contribution in [2.24, 2.45) is 0 Å². The molecule has 1 aliphatic heterocycles. The number of hydrogen-bond acceptors (Lipinski definition) is 3. The molecule has 0 saturated carbocycles. The zero-order valence-electron chi connectivity index (χ0n) is 11.6. The predicted octanol–water partition coefficient (Wildman–Crippen LogP) is 2.03. The highest BCUT2D eigenvalue weighted by Gasteiger charge is 2.23. The third-order valence-electron chi connectivity index (χ3n) is 3.77. The van der Waals surface area contributed by atoms with Crippen molar-refractivity contribution in [2.75, 3.05) is 32.7 Å². The maximum atomic E-state index is 13.1. The van der Waals surface area contributed by atoms with Crippen molar-refractivity contribution in [3.63, 3.8) is 0 Å². The first-order valence-electron chi connectivity index (χ1n) is 6.85. The molecule has 0 bridgehead atoms. The summed E-state index contributed by atoms with van der Waals surface area (Å²) in [6.45, 7) is 8.56. The van der Waals surface area contributed by atoms with Crippen LogP contribution in [0.4, 0.5) is 4.39 Å². The number of carbonyl (C=O) groups excluding carboxylic acids is 1. The van der Waals surface area contributed by atoms with Crippen LogP contribution in [0, 0.1) is 5.82 Å². The molecule has 1 aliphatic rings. The Morgan fingerprint density at radius 1 is 1.42 bits per heavy atom. The Morgan fingerprint density at radius 2 is 2.21 bits per heavy atom. The second kappa shape index (κ2) is 6.26. The molecular formula is C15H21FN2O. The van der Waals surface area contributed by atoms with Crippen molar-refractivity contribution in [1.29, 1.82) is 0 Å². The molecule has 0 radical (unpaired) electrons. The lowest BCUT2D eigenvalue weighted by Gasteiger charge is -2.39. The first kappa shape index (κ1) is 14.2. The summed E-state index contributed by atoms with van der Waals surface area (Å²) in [5.74, 6) is -0.355. The summed E-state index contributed by atoms with van der Waals surface area (Å²) in [5, 5.41) is 0. The molecule has 1 heterocycles. The molecule has 1 aromatic rings. The number of rotatable bonds is 4. The molecule has 19 heavy (non-hydrogen) atoms. The van der Waals surface area contributed by atoms with E-state index in [4.69, 9.17) is 0 Å². The summed E-state index contributed by atoms with van der Waals surface area (Å²) in [6, 6.07) is 6.41. The first-order valence-corrected chi connectivity index (χ1v) is 6.85. The van der Waals surface area contributed by atoms with Crippen LogP contribution < -0.4 is 0 Å². The number of carbonyl (C=O) groups is 1. The van der Waals surface area contributed by atoms with Gasteiger partial charge in [0.1, 0.15) is 5.82 Å². The standard InChI is InChI=1S/C15H21FN2O/c1-3-18-8-7-17(10-12(18)2)11-15(19)13-5-4-6-14(16)9-13/h4-6,9,12H,3,7-8,10-11H2,1-2H3. The summed E-state index contributed by atoms with van der Waals surface area (Å²) in [6.07, 6.45) is 0. The number of hydrogen-bond donors (Lipinski definition) is 0. The Labute approximate surface area is 114 Å². The van der Waals surface area contributed by atoms with Gasteiger partial charge in [-0.3, -0.25) is 14.6 Å². The van der Waals surface area contributed by atoms with Crippen molar-refractivity contribution in [3.05, 3.63) is 35.6 Å². The van der Waals surface area contributed by atoms with Gasteiger partial charge in [-0.05, 0) is 25.6 Å². The first-order chi connectivity index (χ1) is 9.10. The van der Waals surface area contributed by atoms with Gasteiger partial charge in [0.2, 0.25) is 0 Å². The lowest BCUT2D eigenvalue weighted by molar-refractivity contribution is 0.0723. The van der Waals surface area contributed by atoms with E-state index in [1.54, 1.807) is 12.1 Å². The molecule has 3 nitrogen and oxygen atoms in total. The van der Waals surface area contributed by atoms with Gasteiger partial charge in [-0.25, -0.2) is 4.39 Å². The normalized spacial score (nSPS) is 21.5. The number of nitrogens with zero attached hydrogens (tertiary/aromatic N) is 2. The highest BCUT2D eigenvalue weighted by molar-refractivity contribution is 5.97. The SMILES string of the molecule is CCN1CCN(CC(=O)c2cccc(F)c2)CC1C. The maximum Gasteiger partial charge on any atom is 0.176 e. The molecule has 1 atom stereocenters. The van der Waals surface area contributed by atoms with Crippen molar-refractivity contribution >= 4 is 5.78 Å². The summed E-state index contributed by atoms with van der Waals surface area (Å²) in [4.78, 5) is 16.7. The fourth-order valence-corrected chi connectivity index (χ4v) is 2.64. The molecule has 4 heteroatoms. The minimum absolute atomic E-state index is 0.00310. The van der Waals surface area contributed by atoms with Gasteiger partial charge in [0.05, 0.1) is 6.54 Å². The van der Waals surface area contributed by atoms with E-state index in [-0.39, 0.29) is 11.6 Å². The summed E-state index contributed by atoms with van der Waals surface area (Å²) in [5.41, 5.74) is 0.463. The third-order valence-corrected chi connectivity index (χ3v) is 3.77. The molecular weight excluding hydrogens is 243 g/mol. The third kappa shape index (κ3) is 3.61. The zero-order valence-corrected chi connectivity index (χ0v) is 11.6. The molecule has 0 spiro atoms. The molecule has 1 saturated heterocycles. The van der Waals surface area contributed by atoms with Gasteiger partial charge in [-0.2, -0.15) is 0 Å². The van der Waals surface area contributed by atoms with Crippen LogP contribution in [0.1, 0.15) is 24.2 Å². The van der Waals surface area contributed by atoms with E-state index in [0.29, 0.717) is 18.2 Å². The second-order valence-electron chi connectivity index (χ2n) is 5.15. The highest BCUT2D eigenvalue weighted by Crippen LogP contribution is 2.11. The molecule has 0 aromatic heterocycles. The Balaban J connectivity index is 1.93. The van der Waals surface area contributed by atoms with E-state index in [1.807, 2.05) is 0 Å². The van der Waals surface area contributed by atoms with E-state index in [2.05, 4.69) is 23.6 Å². The van der Waals surface area contributed by atoms with Crippen LogP contribution in [0.15, 0.2) is 24.3 Å². The number of ketones is 1. The van der Waals surface area contributed by atoms with Gasteiger partial charge < -0.3 is 0 Å². The Morgan fingerprint density at radius 3 is 2.84 bits per heavy atom. The van der Waals surface area contributed by atoms with Crippen molar-refractivity contribution in [1.82, 2.24) is 9.80 Å². The predicted molar refractivity (Wildman–Crippen MR) is 73.9 cm³/mol. The molecule has 1 aromatic carbocycles. The molecule has 104 valence electrons. The fourth-order valence-electron chi connectivity index (χ4n) is 2.64. The van der Waals surface area contributed by atoms with Crippen LogP contribution in [0.3, 0.4) is 0 Å². The van der Waals surface area contributed by atoms with Crippen LogP contribution in [-0.4, -0.2) is 54.3 Å². The van der Waals surface area contributed by atoms with Crippen molar-refractivity contribution in [2.45, 2.75) is 19.9 Å². The Bertz CT molecular complexity index is 450. The molecule has 2 rings (SSSR count). The monoisotopic (exact) mass is 264 g/mol. The van der Waals surface area contributed by atoms with Crippen LogP contribution in [0.2, 0.25) is 0 Å². The highest BCUT2D eigenvalue weighted by atomic mass is 19.1. The number of piperazine rings is 1. The Hall–Kier alpha value is -1.26. The number of benzene rings is 1. The van der Waals surface area contributed by atoms with E-state index >= 15 is 0 Å². The molecule has 0 aliphatic carbocycles. The van der Waals surface area contributed by atoms with Gasteiger partial charge in [-0.15, -0.1) is 0 Å². The van der Waals surface area contributed by atoms with E-state index in [9.17, 15) is 9.18 Å². The summed E-state index contributed by atoms with van der Waals surface area (Å²) >= 11 is 0. The average molecular weight is 264 g/mol. The van der Waals surface area contributed by atoms with Crippen LogP contribution in [0.5, 0.6) is 0 Å². The largest absolute Gasteiger partial charge is 0.298 e. The van der Waals surface area contributed by atoms with Crippen molar-refractivity contribution in [3.8, 4) is 0 Å². The quantitative estimate of drug-likeness (QED) is 0.778. The number of Topliss-reactive ketones (excluding diaryl/α,β-unsaturated/α-hetero) is 1. The van der Waals surface area contributed by atoms with Gasteiger partial charge >= 0.3 is 0 Å². The fraction of sp³-hybridized carbons (Fsp3) is 0.533. The second-order valence-corrected chi connectivity index (χ2v) is 5.15. The van der Waals surface area contributed by atoms with Crippen molar-refractivity contribution < 1.29 is 9.18 Å². The lowest BCUT2D eigenvalue weighted by atomic mass is 10.1. The maximum absolute atomic E-state index is 13.1. The van der Waals surface area contributed by atoms with Crippen LogP contribution >= 0.6 is 0 Å². The minimum atomic E-state index is -0.352.